The van der Waals surface area contributed by atoms with Crippen LogP contribution in [0.15, 0.2) is 17.0 Å². The van der Waals surface area contributed by atoms with Gasteiger partial charge in [-0.25, -0.2) is 13.1 Å². The lowest BCUT2D eigenvalue weighted by atomic mass is 10.1. The molecule has 0 aromatic heterocycles. The molecule has 21 heavy (non-hydrogen) atoms. The number of ether oxygens (including phenoxy) is 2. The van der Waals surface area contributed by atoms with Gasteiger partial charge >= 0.3 is 0 Å². The van der Waals surface area contributed by atoms with Crippen LogP contribution < -0.4 is 19.5 Å². The molecular weight excluding hydrogens is 296 g/mol. The Bertz CT molecular complexity index is 613. The first-order chi connectivity index (χ1) is 9.91. The summed E-state index contributed by atoms with van der Waals surface area (Å²) in [5.74, 6) is -0.0564. The van der Waals surface area contributed by atoms with Gasteiger partial charge in [0.2, 0.25) is 10.0 Å². The monoisotopic (exact) mass is 316 g/mol. The summed E-state index contributed by atoms with van der Waals surface area (Å²) < 4.78 is 36.9. The minimum atomic E-state index is -3.76. The summed E-state index contributed by atoms with van der Waals surface area (Å²) >= 11 is 0. The zero-order chi connectivity index (χ0) is 16.0. The van der Waals surface area contributed by atoms with Gasteiger partial charge in [-0.15, -0.1) is 0 Å². The summed E-state index contributed by atoms with van der Waals surface area (Å²) in [6.07, 6.45) is 0. The normalized spacial score (nSPS) is 11.0. The lowest BCUT2D eigenvalue weighted by molar-refractivity contribution is 0.0952. The Labute approximate surface area is 124 Å². The van der Waals surface area contributed by atoms with E-state index in [1.54, 1.807) is 13.8 Å². The highest BCUT2D eigenvalue weighted by molar-refractivity contribution is 7.89. The number of carbonyl (C=O) groups excluding carboxylic acids is 1. The molecule has 0 radical (unpaired) electrons. The van der Waals surface area contributed by atoms with E-state index in [-0.39, 0.29) is 28.5 Å². The second kappa shape index (κ2) is 7.28. The largest absolute Gasteiger partial charge is 0.496 e. The van der Waals surface area contributed by atoms with Crippen molar-refractivity contribution in [2.24, 2.45) is 0 Å². The molecule has 0 saturated carbocycles. The molecule has 0 aliphatic carbocycles. The first-order valence-corrected chi connectivity index (χ1v) is 7.93. The van der Waals surface area contributed by atoms with Crippen LogP contribution in [0.3, 0.4) is 0 Å². The van der Waals surface area contributed by atoms with E-state index >= 15 is 0 Å². The van der Waals surface area contributed by atoms with Gasteiger partial charge in [-0.1, -0.05) is 6.92 Å². The van der Waals surface area contributed by atoms with E-state index < -0.39 is 15.9 Å². The average Bonchev–Trinajstić information content (AvgIpc) is 2.45. The van der Waals surface area contributed by atoms with Crippen LogP contribution in [0.5, 0.6) is 11.5 Å². The minimum Gasteiger partial charge on any atom is -0.496 e. The SMILES string of the molecule is CCNC(=O)c1cc(S(=O)(=O)NCC)c(OC)cc1OC. The maximum Gasteiger partial charge on any atom is 0.255 e. The van der Waals surface area contributed by atoms with Gasteiger partial charge in [0, 0.05) is 19.2 Å². The first-order valence-electron chi connectivity index (χ1n) is 6.45. The van der Waals surface area contributed by atoms with Crippen LogP contribution in [-0.2, 0) is 10.0 Å². The molecule has 0 bridgehead atoms. The summed E-state index contributed by atoms with van der Waals surface area (Å²) in [5.41, 5.74) is 0.136. The zero-order valence-electron chi connectivity index (χ0n) is 12.5. The minimum absolute atomic E-state index is 0.103. The lowest BCUT2D eigenvalue weighted by Crippen LogP contribution is -2.26. The molecule has 7 nitrogen and oxygen atoms in total. The van der Waals surface area contributed by atoms with Crippen molar-refractivity contribution in [2.45, 2.75) is 18.7 Å². The van der Waals surface area contributed by atoms with Gasteiger partial charge in [-0.2, -0.15) is 0 Å². The molecule has 0 spiro atoms. The van der Waals surface area contributed by atoms with Crippen molar-refractivity contribution < 1.29 is 22.7 Å². The van der Waals surface area contributed by atoms with Gasteiger partial charge in [0.25, 0.3) is 5.91 Å². The van der Waals surface area contributed by atoms with E-state index in [2.05, 4.69) is 10.0 Å². The van der Waals surface area contributed by atoms with Gasteiger partial charge in [0.05, 0.1) is 19.8 Å². The second-order valence-electron chi connectivity index (χ2n) is 4.06. The molecule has 0 saturated heterocycles. The highest BCUT2D eigenvalue weighted by Crippen LogP contribution is 2.32. The topological polar surface area (TPSA) is 93.7 Å². The van der Waals surface area contributed by atoms with E-state index in [0.717, 1.165) is 0 Å². The number of benzene rings is 1. The van der Waals surface area contributed by atoms with E-state index in [1.165, 1.54) is 26.4 Å². The molecule has 0 aliphatic heterocycles. The van der Waals surface area contributed by atoms with Crippen molar-refractivity contribution in [3.05, 3.63) is 17.7 Å². The second-order valence-corrected chi connectivity index (χ2v) is 5.80. The number of carbonyl (C=O) groups is 1. The quantitative estimate of drug-likeness (QED) is 0.774. The van der Waals surface area contributed by atoms with Crippen LogP contribution >= 0.6 is 0 Å². The van der Waals surface area contributed by atoms with Crippen LogP contribution in [-0.4, -0.2) is 41.6 Å². The van der Waals surface area contributed by atoms with Crippen molar-refractivity contribution in [1.29, 1.82) is 0 Å². The molecule has 1 aromatic rings. The third-order valence-corrected chi connectivity index (χ3v) is 4.26. The highest BCUT2D eigenvalue weighted by Gasteiger charge is 2.24. The Balaban J connectivity index is 3.50. The standard InChI is InChI=1S/C13H20N2O5S/c1-5-14-13(16)9-7-12(21(17,18)15-6-2)11(20-4)8-10(9)19-3/h7-8,15H,5-6H2,1-4H3,(H,14,16). The van der Waals surface area contributed by atoms with Crippen molar-refractivity contribution in [2.75, 3.05) is 27.3 Å². The summed E-state index contributed by atoms with van der Waals surface area (Å²) in [6, 6.07) is 2.63. The third-order valence-electron chi connectivity index (χ3n) is 2.69. The number of rotatable bonds is 7. The molecule has 2 N–H and O–H groups in total. The van der Waals surface area contributed by atoms with Gasteiger partial charge in [0.1, 0.15) is 16.4 Å². The number of hydrogen-bond acceptors (Lipinski definition) is 5. The molecule has 0 aliphatic rings. The van der Waals surface area contributed by atoms with Gasteiger partial charge in [-0.05, 0) is 13.0 Å². The Morgan fingerprint density at radius 1 is 1.10 bits per heavy atom. The maximum atomic E-state index is 12.2. The zero-order valence-corrected chi connectivity index (χ0v) is 13.3. The van der Waals surface area contributed by atoms with Gasteiger partial charge < -0.3 is 14.8 Å². The summed E-state index contributed by atoms with van der Waals surface area (Å²) in [5, 5.41) is 2.61. The maximum absolute atomic E-state index is 12.2. The van der Waals surface area contributed by atoms with Crippen LogP contribution in [0.2, 0.25) is 0 Å². The molecule has 0 fully saturated rings. The molecule has 1 rings (SSSR count). The average molecular weight is 316 g/mol. The summed E-state index contributed by atoms with van der Waals surface area (Å²) in [4.78, 5) is 11.9. The first kappa shape index (κ1) is 17.3. The number of sulfonamides is 1. The molecule has 118 valence electrons. The van der Waals surface area contributed by atoms with Crippen LogP contribution in [0.25, 0.3) is 0 Å². The Hall–Kier alpha value is -1.80. The van der Waals surface area contributed by atoms with Crippen molar-refractivity contribution in [3.63, 3.8) is 0 Å². The van der Waals surface area contributed by atoms with E-state index in [4.69, 9.17) is 9.47 Å². The van der Waals surface area contributed by atoms with Gasteiger partial charge in [0.15, 0.2) is 0 Å². The van der Waals surface area contributed by atoms with E-state index in [9.17, 15) is 13.2 Å². The smallest absolute Gasteiger partial charge is 0.255 e. The summed E-state index contributed by atoms with van der Waals surface area (Å²) in [7, 11) is -1.01. The van der Waals surface area contributed by atoms with Crippen molar-refractivity contribution >= 4 is 15.9 Å². The molecule has 1 aromatic carbocycles. The molecule has 0 unspecified atom stereocenters. The summed E-state index contributed by atoms with van der Waals surface area (Å²) in [6.45, 7) is 4.08. The van der Waals surface area contributed by atoms with Crippen LogP contribution in [0.4, 0.5) is 0 Å². The Morgan fingerprint density at radius 3 is 2.19 bits per heavy atom. The van der Waals surface area contributed by atoms with Crippen molar-refractivity contribution in [3.8, 4) is 11.5 Å². The number of hydrogen-bond donors (Lipinski definition) is 2. The number of methoxy groups -OCH3 is 2. The fourth-order valence-electron chi connectivity index (χ4n) is 1.78. The van der Waals surface area contributed by atoms with E-state index in [1.807, 2.05) is 0 Å². The Kier molecular flexibility index (Phi) is 5.98. The predicted octanol–water partition coefficient (Wildman–Crippen LogP) is 0.752. The number of nitrogens with one attached hydrogen (secondary N) is 2. The highest BCUT2D eigenvalue weighted by atomic mass is 32.2. The fourth-order valence-corrected chi connectivity index (χ4v) is 3.00. The molecule has 0 atom stereocenters. The van der Waals surface area contributed by atoms with Crippen LogP contribution in [0, 0.1) is 0 Å². The fraction of sp³-hybridized carbons (Fsp3) is 0.462. The number of amides is 1. The molecular formula is C13H20N2O5S. The molecule has 1 amide bonds. The molecule has 8 heteroatoms. The van der Waals surface area contributed by atoms with E-state index in [0.29, 0.717) is 6.54 Å². The van der Waals surface area contributed by atoms with Crippen molar-refractivity contribution in [1.82, 2.24) is 10.0 Å². The van der Waals surface area contributed by atoms with Crippen LogP contribution in [0.1, 0.15) is 24.2 Å². The predicted molar refractivity (Wildman–Crippen MR) is 78.4 cm³/mol. The Morgan fingerprint density at radius 2 is 1.71 bits per heavy atom. The third kappa shape index (κ3) is 3.85. The molecule has 0 heterocycles. The van der Waals surface area contributed by atoms with Gasteiger partial charge in [-0.3, -0.25) is 4.79 Å². The lowest BCUT2D eigenvalue weighted by Gasteiger charge is -2.15.